The van der Waals surface area contributed by atoms with E-state index in [0.717, 1.165) is 6.54 Å². The van der Waals surface area contributed by atoms with E-state index in [0.29, 0.717) is 44.2 Å². The zero-order valence-corrected chi connectivity index (χ0v) is 18.1. The minimum absolute atomic E-state index is 0.129. The van der Waals surface area contributed by atoms with Crippen molar-refractivity contribution in [1.82, 2.24) is 9.21 Å². The average molecular weight is 430 g/mol. The van der Waals surface area contributed by atoms with Crippen LogP contribution < -0.4 is 9.64 Å². The number of ether oxygens (including phenoxy) is 1. The summed E-state index contributed by atoms with van der Waals surface area (Å²) in [5, 5.41) is 0. The van der Waals surface area contributed by atoms with Crippen LogP contribution in [0.25, 0.3) is 0 Å². The molecule has 1 atom stereocenters. The highest BCUT2D eigenvalue weighted by molar-refractivity contribution is 7.89. The molecule has 1 fully saturated rings. The van der Waals surface area contributed by atoms with Crippen LogP contribution in [0.4, 0.5) is 5.69 Å². The van der Waals surface area contributed by atoms with Crippen molar-refractivity contribution in [3.05, 3.63) is 54.1 Å². The van der Waals surface area contributed by atoms with Gasteiger partial charge in [0.15, 0.2) is 0 Å². The van der Waals surface area contributed by atoms with E-state index in [1.54, 1.807) is 23.1 Å². The fourth-order valence-electron chi connectivity index (χ4n) is 3.99. The van der Waals surface area contributed by atoms with Gasteiger partial charge in [0.1, 0.15) is 11.9 Å². The Balaban J connectivity index is 1.49. The van der Waals surface area contributed by atoms with Crippen LogP contribution in [0.1, 0.15) is 19.4 Å². The summed E-state index contributed by atoms with van der Waals surface area (Å²) in [4.78, 5) is 16.1. The van der Waals surface area contributed by atoms with Gasteiger partial charge in [0.2, 0.25) is 15.9 Å². The average Bonchev–Trinajstić information content (AvgIpc) is 2.74. The van der Waals surface area contributed by atoms with Crippen LogP contribution in [-0.4, -0.2) is 62.4 Å². The first-order valence-electron chi connectivity index (χ1n) is 10.2. The summed E-state index contributed by atoms with van der Waals surface area (Å²) < 4.78 is 33.8. The molecular formula is C22H27N3O4S. The number of nitrogens with zero attached hydrogens (tertiary/aromatic N) is 3. The van der Waals surface area contributed by atoms with E-state index in [1.165, 1.54) is 16.8 Å². The molecule has 8 heteroatoms. The van der Waals surface area contributed by atoms with Gasteiger partial charge in [-0.25, -0.2) is 8.42 Å². The van der Waals surface area contributed by atoms with Crippen molar-refractivity contribution in [2.45, 2.75) is 31.4 Å². The predicted octanol–water partition coefficient (Wildman–Crippen LogP) is 2.33. The fraction of sp³-hybridized carbons (Fsp3) is 0.409. The SMILES string of the molecule is CC(=O)N1C[C@@H](C)Oc2ccc(S(=O)(=O)N3CCN(Cc4ccccc4)CC3)cc21. The van der Waals surface area contributed by atoms with Crippen molar-refractivity contribution in [3.8, 4) is 5.75 Å². The molecule has 0 radical (unpaired) electrons. The second kappa shape index (κ2) is 8.37. The minimum Gasteiger partial charge on any atom is -0.487 e. The van der Waals surface area contributed by atoms with Gasteiger partial charge in [0.05, 0.1) is 17.1 Å². The second-order valence-electron chi connectivity index (χ2n) is 7.85. The molecule has 0 spiro atoms. The molecule has 30 heavy (non-hydrogen) atoms. The summed E-state index contributed by atoms with van der Waals surface area (Å²) >= 11 is 0. The molecule has 160 valence electrons. The molecule has 0 saturated carbocycles. The molecule has 0 aliphatic carbocycles. The Bertz CT molecular complexity index is 1020. The molecule has 1 saturated heterocycles. The third kappa shape index (κ3) is 4.21. The quantitative estimate of drug-likeness (QED) is 0.746. The van der Waals surface area contributed by atoms with Gasteiger partial charge in [-0.3, -0.25) is 9.69 Å². The molecule has 2 aliphatic heterocycles. The number of benzene rings is 2. The zero-order chi connectivity index (χ0) is 21.3. The zero-order valence-electron chi connectivity index (χ0n) is 17.3. The highest BCUT2D eigenvalue weighted by atomic mass is 32.2. The van der Waals surface area contributed by atoms with Crippen LogP contribution in [-0.2, 0) is 21.4 Å². The monoisotopic (exact) mass is 429 g/mol. The van der Waals surface area contributed by atoms with Gasteiger partial charge in [-0.05, 0) is 30.7 Å². The Hall–Kier alpha value is -2.42. The molecule has 0 aromatic heterocycles. The van der Waals surface area contributed by atoms with Gasteiger partial charge in [-0.1, -0.05) is 30.3 Å². The van der Waals surface area contributed by atoms with E-state index in [4.69, 9.17) is 4.74 Å². The first kappa shape index (κ1) is 20.8. The molecule has 2 aliphatic rings. The van der Waals surface area contributed by atoms with Crippen molar-refractivity contribution in [3.63, 3.8) is 0 Å². The van der Waals surface area contributed by atoms with E-state index in [-0.39, 0.29) is 16.9 Å². The summed E-state index contributed by atoms with van der Waals surface area (Å²) in [5.74, 6) is 0.408. The maximum Gasteiger partial charge on any atom is 0.243 e. The maximum atomic E-state index is 13.2. The molecule has 2 heterocycles. The van der Waals surface area contributed by atoms with Crippen molar-refractivity contribution in [2.75, 3.05) is 37.6 Å². The van der Waals surface area contributed by atoms with Crippen molar-refractivity contribution >= 4 is 21.6 Å². The van der Waals surface area contributed by atoms with E-state index >= 15 is 0 Å². The molecule has 2 aromatic rings. The lowest BCUT2D eigenvalue weighted by atomic mass is 10.2. The summed E-state index contributed by atoms with van der Waals surface area (Å²) in [7, 11) is -3.64. The summed E-state index contributed by atoms with van der Waals surface area (Å²) in [5.41, 5.74) is 1.74. The van der Waals surface area contributed by atoms with Crippen LogP contribution >= 0.6 is 0 Å². The molecule has 0 bridgehead atoms. The highest BCUT2D eigenvalue weighted by Crippen LogP contribution is 2.36. The van der Waals surface area contributed by atoms with Gasteiger partial charge in [-0.15, -0.1) is 0 Å². The number of rotatable bonds is 4. The van der Waals surface area contributed by atoms with Crippen LogP contribution in [0.2, 0.25) is 0 Å². The molecule has 0 unspecified atom stereocenters. The number of hydrogen-bond donors (Lipinski definition) is 0. The number of carbonyl (C=O) groups excluding carboxylic acids is 1. The van der Waals surface area contributed by atoms with E-state index in [2.05, 4.69) is 17.0 Å². The molecule has 7 nitrogen and oxygen atoms in total. The molecule has 1 amide bonds. The lowest BCUT2D eigenvalue weighted by Crippen LogP contribution is -2.48. The molecular weight excluding hydrogens is 402 g/mol. The van der Waals surface area contributed by atoms with Crippen molar-refractivity contribution in [2.24, 2.45) is 0 Å². The number of carbonyl (C=O) groups is 1. The van der Waals surface area contributed by atoms with Gasteiger partial charge in [0, 0.05) is 39.6 Å². The van der Waals surface area contributed by atoms with Crippen LogP contribution in [0, 0.1) is 0 Å². The number of piperazine rings is 1. The summed E-state index contributed by atoms with van der Waals surface area (Å²) in [6.45, 7) is 6.83. The summed E-state index contributed by atoms with van der Waals surface area (Å²) in [6.07, 6.45) is -0.137. The topological polar surface area (TPSA) is 70.2 Å². The van der Waals surface area contributed by atoms with Gasteiger partial charge >= 0.3 is 0 Å². The normalized spacial score (nSPS) is 20.5. The smallest absolute Gasteiger partial charge is 0.243 e. The third-order valence-corrected chi connectivity index (χ3v) is 7.48. The second-order valence-corrected chi connectivity index (χ2v) is 9.79. The van der Waals surface area contributed by atoms with E-state index < -0.39 is 10.0 Å². The molecule has 2 aromatic carbocycles. The number of fused-ring (bicyclic) bond motifs is 1. The first-order chi connectivity index (χ1) is 14.3. The number of sulfonamides is 1. The lowest BCUT2D eigenvalue weighted by molar-refractivity contribution is -0.117. The van der Waals surface area contributed by atoms with E-state index in [1.807, 2.05) is 25.1 Å². The van der Waals surface area contributed by atoms with Crippen LogP contribution in [0.15, 0.2) is 53.4 Å². The Labute approximate surface area is 177 Å². The highest BCUT2D eigenvalue weighted by Gasteiger charge is 2.32. The standard InChI is InChI=1S/C22H27N3O4S/c1-17-15-25(18(2)26)21-14-20(8-9-22(21)29-17)30(27,28)24-12-10-23(11-13-24)16-19-6-4-3-5-7-19/h3-9,14,17H,10-13,15-16H2,1-2H3/t17-/m1/s1. The van der Waals surface area contributed by atoms with Gasteiger partial charge < -0.3 is 9.64 Å². The number of hydrogen-bond acceptors (Lipinski definition) is 5. The Morgan fingerprint density at radius 3 is 2.43 bits per heavy atom. The Kier molecular flexibility index (Phi) is 5.81. The first-order valence-corrected chi connectivity index (χ1v) is 11.6. The van der Waals surface area contributed by atoms with Crippen LogP contribution in [0.5, 0.6) is 5.75 Å². The van der Waals surface area contributed by atoms with Crippen molar-refractivity contribution in [1.29, 1.82) is 0 Å². The molecule has 4 rings (SSSR count). The lowest BCUT2D eigenvalue weighted by Gasteiger charge is -2.35. The maximum absolute atomic E-state index is 13.2. The van der Waals surface area contributed by atoms with Crippen LogP contribution in [0.3, 0.4) is 0 Å². The molecule has 0 N–H and O–H groups in total. The number of amides is 1. The fourth-order valence-corrected chi connectivity index (χ4v) is 5.44. The van der Waals surface area contributed by atoms with E-state index in [9.17, 15) is 13.2 Å². The third-order valence-electron chi connectivity index (χ3n) is 5.59. The number of anilines is 1. The Morgan fingerprint density at radius 2 is 1.77 bits per heavy atom. The Morgan fingerprint density at radius 1 is 1.07 bits per heavy atom. The summed E-state index contributed by atoms with van der Waals surface area (Å²) in [6, 6.07) is 15.0. The van der Waals surface area contributed by atoms with Gasteiger partial charge in [0.25, 0.3) is 0 Å². The minimum atomic E-state index is -3.64. The predicted molar refractivity (Wildman–Crippen MR) is 115 cm³/mol. The van der Waals surface area contributed by atoms with Gasteiger partial charge in [-0.2, -0.15) is 4.31 Å². The largest absolute Gasteiger partial charge is 0.487 e. The van der Waals surface area contributed by atoms with Crippen molar-refractivity contribution < 1.29 is 17.9 Å².